The third kappa shape index (κ3) is 4.60. The zero-order valence-electron chi connectivity index (χ0n) is 14.9. The summed E-state index contributed by atoms with van der Waals surface area (Å²) in [6.07, 6.45) is 3.15. The van der Waals surface area contributed by atoms with Crippen LogP contribution in [0.5, 0.6) is 5.75 Å². The standard InChI is InChI=1S/C21H19NO4S/c1-15(2)21(23)26-20-8-7-17(18-5-3-4-6-19(18)20)14-27(24,25)13-16-9-11-22-12-10-16/h3-12H,1,13-14H2,2H3. The summed E-state index contributed by atoms with van der Waals surface area (Å²) in [5.41, 5.74) is 1.65. The normalized spacial score (nSPS) is 11.3. The summed E-state index contributed by atoms with van der Waals surface area (Å²) in [6.45, 7) is 5.15. The number of pyridine rings is 1. The van der Waals surface area contributed by atoms with Crippen molar-refractivity contribution in [3.63, 3.8) is 0 Å². The summed E-state index contributed by atoms with van der Waals surface area (Å²) in [5, 5.41) is 1.42. The quantitative estimate of drug-likeness (QED) is 0.369. The molecular weight excluding hydrogens is 362 g/mol. The highest BCUT2D eigenvalue weighted by Gasteiger charge is 2.17. The van der Waals surface area contributed by atoms with E-state index < -0.39 is 15.8 Å². The van der Waals surface area contributed by atoms with Crippen molar-refractivity contribution in [2.75, 3.05) is 0 Å². The lowest BCUT2D eigenvalue weighted by Gasteiger charge is -2.12. The number of fused-ring (bicyclic) bond motifs is 1. The molecule has 1 heterocycles. The molecule has 0 saturated carbocycles. The fourth-order valence-corrected chi connectivity index (χ4v) is 4.28. The van der Waals surface area contributed by atoms with Crippen LogP contribution in [0.2, 0.25) is 0 Å². The number of esters is 1. The Morgan fingerprint density at radius 2 is 1.67 bits per heavy atom. The van der Waals surface area contributed by atoms with Gasteiger partial charge in [-0.25, -0.2) is 13.2 Å². The Balaban J connectivity index is 1.94. The van der Waals surface area contributed by atoms with Crippen molar-refractivity contribution in [3.8, 4) is 5.75 Å². The van der Waals surface area contributed by atoms with Gasteiger partial charge in [-0.15, -0.1) is 0 Å². The first kappa shape index (κ1) is 18.8. The van der Waals surface area contributed by atoms with E-state index in [0.29, 0.717) is 27.8 Å². The van der Waals surface area contributed by atoms with Crippen molar-refractivity contribution < 1.29 is 17.9 Å². The number of nitrogens with zero attached hydrogens (tertiary/aromatic N) is 1. The Bertz CT molecular complexity index is 1110. The Morgan fingerprint density at radius 3 is 2.33 bits per heavy atom. The molecule has 0 bridgehead atoms. The van der Waals surface area contributed by atoms with Gasteiger partial charge in [-0.05, 0) is 41.6 Å². The van der Waals surface area contributed by atoms with Gasteiger partial charge in [-0.1, -0.05) is 36.9 Å². The van der Waals surface area contributed by atoms with Crippen LogP contribution in [0.25, 0.3) is 10.8 Å². The van der Waals surface area contributed by atoms with Crippen molar-refractivity contribution >= 4 is 26.6 Å². The molecule has 0 aliphatic rings. The lowest BCUT2D eigenvalue weighted by atomic mass is 10.0. The average molecular weight is 381 g/mol. The van der Waals surface area contributed by atoms with Crippen LogP contribution < -0.4 is 4.74 Å². The number of hydrogen-bond acceptors (Lipinski definition) is 5. The Kier molecular flexibility index (Phi) is 5.37. The van der Waals surface area contributed by atoms with E-state index in [1.807, 2.05) is 18.2 Å². The van der Waals surface area contributed by atoms with Crippen LogP contribution in [0.15, 0.2) is 73.1 Å². The topological polar surface area (TPSA) is 73.3 Å². The molecule has 0 radical (unpaired) electrons. The van der Waals surface area contributed by atoms with Crippen molar-refractivity contribution in [1.29, 1.82) is 0 Å². The van der Waals surface area contributed by atoms with Crippen molar-refractivity contribution in [2.45, 2.75) is 18.4 Å². The van der Waals surface area contributed by atoms with Gasteiger partial charge in [0.05, 0.1) is 11.5 Å². The van der Waals surface area contributed by atoms with Gasteiger partial charge in [0.1, 0.15) is 5.75 Å². The Labute approximate surface area is 158 Å². The molecular formula is C21H19NO4S. The van der Waals surface area contributed by atoms with Crippen LogP contribution >= 0.6 is 0 Å². The maximum atomic E-state index is 12.6. The predicted octanol–water partition coefficient (Wildman–Crippen LogP) is 3.83. The van der Waals surface area contributed by atoms with Crippen LogP contribution in [-0.4, -0.2) is 19.4 Å². The minimum Gasteiger partial charge on any atom is -0.423 e. The molecule has 5 nitrogen and oxygen atoms in total. The van der Waals surface area contributed by atoms with E-state index >= 15 is 0 Å². The molecule has 0 N–H and O–H groups in total. The van der Waals surface area contributed by atoms with Gasteiger partial charge in [-0.2, -0.15) is 0 Å². The molecule has 0 saturated heterocycles. The van der Waals surface area contributed by atoms with Crippen molar-refractivity contribution in [2.24, 2.45) is 0 Å². The predicted molar refractivity (Wildman–Crippen MR) is 105 cm³/mol. The van der Waals surface area contributed by atoms with Gasteiger partial charge in [0.2, 0.25) is 0 Å². The van der Waals surface area contributed by atoms with E-state index in [1.54, 1.807) is 49.6 Å². The molecule has 3 aromatic rings. The number of benzene rings is 2. The fraction of sp³-hybridized carbons (Fsp3) is 0.143. The van der Waals surface area contributed by atoms with E-state index in [9.17, 15) is 13.2 Å². The van der Waals surface area contributed by atoms with Crippen LogP contribution in [0, 0.1) is 0 Å². The summed E-state index contributed by atoms with van der Waals surface area (Å²) < 4.78 is 30.7. The number of hydrogen-bond donors (Lipinski definition) is 0. The summed E-state index contributed by atoms with van der Waals surface area (Å²) in [4.78, 5) is 15.8. The lowest BCUT2D eigenvalue weighted by Crippen LogP contribution is -2.10. The summed E-state index contributed by atoms with van der Waals surface area (Å²) in [5.74, 6) is -0.298. The number of ether oxygens (including phenoxy) is 1. The van der Waals surface area contributed by atoms with E-state index in [2.05, 4.69) is 11.6 Å². The molecule has 0 aliphatic heterocycles. The summed E-state index contributed by atoms with van der Waals surface area (Å²) in [6, 6.07) is 14.0. The fourth-order valence-electron chi connectivity index (χ4n) is 2.76. The van der Waals surface area contributed by atoms with Gasteiger partial charge in [0, 0.05) is 23.4 Å². The second kappa shape index (κ2) is 7.72. The molecule has 1 aromatic heterocycles. The first-order valence-electron chi connectivity index (χ1n) is 8.33. The van der Waals surface area contributed by atoms with Crippen LogP contribution in [0.4, 0.5) is 0 Å². The summed E-state index contributed by atoms with van der Waals surface area (Å²) in [7, 11) is -3.38. The van der Waals surface area contributed by atoms with Crippen LogP contribution in [0.1, 0.15) is 18.1 Å². The van der Waals surface area contributed by atoms with Crippen LogP contribution in [-0.2, 0) is 26.1 Å². The maximum absolute atomic E-state index is 12.6. The second-order valence-corrected chi connectivity index (χ2v) is 8.39. The van der Waals surface area contributed by atoms with Crippen LogP contribution in [0.3, 0.4) is 0 Å². The molecule has 0 unspecified atom stereocenters. The van der Waals surface area contributed by atoms with E-state index in [-0.39, 0.29) is 11.5 Å². The Hall–Kier alpha value is -2.99. The second-order valence-electron chi connectivity index (χ2n) is 6.33. The summed E-state index contributed by atoms with van der Waals surface area (Å²) >= 11 is 0. The number of rotatable bonds is 6. The van der Waals surface area contributed by atoms with Crippen molar-refractivity contribution in [1.82, 2.24) is 4.98 Å². The zero-order chi connectivity index (χ0) is 19.4. The first-order chi connectivity index (χ1) is 12.9. The molecule has 0 fully saturated rings. The minimum atomic E-state index is -3.38. The smallest absolute Gasteiger partial charge is 0.338 e. The highest BCUT2D eigenvalue weighted by Crippen LogP contribution is 2.30. The molecule has 6 heteroatoms. The van der Waals surface area contributed by atoms with Crippen molar-refractivity contribution in [3.05, 3.63) is 84.2 Å². The van der Waals surface area contributed by atoms with Gasteiger partial charge in [-0.3, -0.25) is 4.98 Å². The molecule has 0 atom stereocenters. The van der Waals surface area contributed by atoms with Gasteiger partial charge in [0.25, 0.3) is 0 Å². The van der Waals surface area contributed by atoms with Gasteiger partial charge < -0.3 is 4.74 Å². The molecule has 0 aliphatic carbocycles. The van der Waals surface area contributed by atoms with Gasteiger partial charge >= 0.3 is 5.97 Å². The van der Waals surface area contributed by atoms with E-state index in [1.165, 1.54) is 0 Å². The monoisotopic (exact) mass is 381 g/mol. The first-order valence-corrected chi connectivity index (χ1v) is 10.2. The molecule has 0 spiro atoms. The minimum absolute atomic E-state index is 0.0593. The molecule has 0 amide bonds. The number of carbonyl (C=O) groups is 1. The maximum Gasteiger partial charge on any atom is 0.338 e. The zero-order valence-corrected chi connectivity index (χ0v) is 15.7. The number of aromatic nitrogens is 1. The average Bonchev–Trinajstić information content (AvgIpc) is 2.64. The number of sulfone groups is 1. The largest absolute Gasteiger partial charge is 0.423 e. The molecule has 138 valence electrons. The third-order valence-electron chi connectivity index (χ3n) is 4.04. The SMILES string of the molecule is C=C(C)C(=O)Oc1ccc(CS(=O)(=O)Cc2ccncc2)c2ccccc12. The molecule has 2 aromatic carbocycles. The van der Waals surface area contributed by atoms with E-state index in [0.717, 1.165) is 5.39 Å². The Morgan fingerprint density at radius 1 is 1.00 bits per heavy atom. The third-order valence-corrected chi connectivity index (χ3v) is 5.56. The molecule has 27 heavy (non-hydrogen) atoms. The highest BCUT2D eigenvalue weighted by atomic mass is 32.2. The number of carbonyl (C=O) groups excluding carboxylic acids is 1. The molecule has 3 rings (SSSR count). The lowest BCUT2D eigenvalue weighted by molar-refractivity contribution is -0.129. The van der Waals surface area contributed by atoms with Gasteiger partial charge in [0.15, 0.2) is 9.84 Å². The highest BCUT2D eigenvalue weighted by molar-refractivity contribution is 7.89. The van der Waals surface area contributed by atoms with E-state index in [4.69, 9.17) is 4.74 Å².